The van der Waals surface area contributed by atoms with E-state index in [1.54, 1.807) is 18.3 Å². The van der Waals surface area contributed by atoms with Crippen LogP contribution in [0.4, 0.5) is 11.4 Å². The highest BCUT2D eigenvalue weighted by Gasteiger charge is 2.06. The van der Waals surface area contributed by atoms with Crippen LogP contribution in [0.15, 0.2) is 48.7 Å². The largest absolute Gasteiger partial charge is 0.397 e. The van der Waals surface area contributed by atoms with Gasteiger partial charge in [0.1, 0.15) is 0 Å². The quantitative estimate of drug-likeness (QED) is 0.786. The number of hydrogen-bond acceptors (Lipinski definition) is 3. The molecule has 2 rings (SSSR count). The maximum absolute atomic E-state index is 11.7. The van der Waals surface area contributed by atoms with Crippen molar-refractivity contribution < 1.29 is 4.79 Å². The Balaban J connectivity index is 2.01. The number of rotatable bonds is 3. The number of benzene rings is 1. The van der Waals surface area contributed by atoms with Crippen molar-refractivity contribution in [3.63, 3.8) is 0 Å². The fourth-order valence-electron chi connectivity index (χ4n) is 1.47. The van der Waals surface area contributed by atoms with Gasteiger partial charge in [-0.3, -0.25) is 9.78 Å². The van der Waals surface area contributed by atoms with Crippen LogP contribution in [0.5, 0.6) is 0 Å². The van der Waals surface area contributed by atoms with E-state index in [1.165, 1.54) is 0 Å². The molecule has 0 atom stereocenters. The molecule has 17 heavy (non-hydrogen) atoms. The number of para-hydroxylation sites is 2. The fraction of sp³-hybridized carbons (Fsp3) is 0.0769. The number of nitrogens with zero attached hydrogens (tertiary/aromatic N) is 1. The number of pyridine rings is 1. The summed E-state index contributed by atoms with van der Waals surface area (Å²) in [6.07, 6.45) is 1.91. The van der Waals surface area contributed by atoms with Crippen molar-refractivity contribution in [2.45, 2.75) is 6.42 Å². The van der Waals surface area contributed by atoms with Crippen molar-refractivity contribution in [1.29, 1.82) is 0 Å². The first-order valence-corrected chi connectivity index (χ1v) is 5.30. The molecule has 1 aromatic heterocycles. The molecule has 0 spiro atoms. The van der Waals surface area contributed by atoms with Gasteiger partial charge in [0, 0.05) is 11.9 Å². The van der Waals surface area contributed by atoms with Gasteiger partial charge in [0.25, 0.3) is 0 Å². The summed E-state index contributed by atoms with van der Waals surface area (Å²) in [5, 5.41) is 2.75. The molecule has 2 aromatic rings. The molecule has 0 aliphatic carbocycles. The molecule has 1 aromatic carbocycles. The average molecular weight is 227 g/mol. The van der Waals surface area contributed by atoms with E-state index in [1.807, 2.05) is 30.3 Å². The molecule has 0 bridgehead atoms. The Morgan fingerprint density at radius 2 is 1.94 bits per heavy atom. The first-order valence-electron chi connectivity index (χ1n) is 5.30. The standard InChI is InChI=1S/C13H13N3O/c14-11-6-1-2-7-12(11)16-13(17)9-10-5-3-4-8-15-10/h1-8H,9,14H2,(H,16,17). The van der Waals surface area contributed by atoms with Gasteiger partial charge in [-0.05, 0) is 24.3 Å². The molecular weight excluding hydrogens is 214 g/mol. The number of nitrogens with one attached hydrogen (secondary N) is 1. The lowest BCUT2D eigenvalue weighted by Gasteiger charge is -2.07. The van der Waals surface area contributed by atoms with Gasteiger partial charge < -0.3 is 11.1 Å². The predicted octanol–water partition coefficient (Wildman–Crippen LogP) is 1.84. The lowest BCUT2D eigenvalue weighted by molar-refractivity contribution is -0.115. The number of nitrogen functional groups attached to an aromatic ring is 1. The van der Waals surface area contributed by atoms with Crippen molar-refractivity contribution >= 4 is 17.3 Å². The molecule has 3 N–H and O–H groups in total. The molecule has 4 nitrogen and oxygen atoms in total. The minimum Gasteiger partial charge on any atom is -0.397 e. The number of amides is 1. The third kappa shape index (κ3) is 3.04. The number of nitrogens with two attached hydrogens (primary N) is 1. The summed E-state index contributed by atoms with van der Waals surface area (Å²) in [6, 6.07) is 12.6. The summed E-state index contributed by atoms with van der Waals surface area (Å²) in [5.41, 5.74) is 7.66. The lowest BCUT2D eigenvalue weighted by atomic mass is 10.2. The Morgan fingerprint density at radius 3 is 2.65 bits per heavy atom. The van der Waals surface area contributed by atoms with Crippen LogP contribution in [-0.2, 0) is 11.2 Å². The molecule has 86 valence electrons. The van der Waals surface area contributed by atoms with Crippen molar-refractivity contribution in [2.75, 3.05) is 11.1 Å². The minimum absolute atomic E-state index is 0.124. The fourth-order valence-corrected chi connectivity index (χ4v) is 1.47. The van der Waals surface area contributed by atoms with Crippen LogP contribution >= 0.6 is 0 Å². The van der Waals surface area contributed by atoms with Gasteiger partial charge in [0.2, 0.25) is 5.91 Å². The Bertz CT molecular complexity index is 511. The molecule has 0 saturated carbocycles. The monoisotopic (exact) mass is 227 g/mol. The molecule has 0 fully saturated rings. The van der Waals surface area contributed by atoms with Crippen molar-refractivity contribution in [3.05, 3.63) is 54.4 Å². The second kappa shape index (κ2) is 5.12. The molecule has 0 radical (unpaired) electrons. The van der Waals surface area contributed by atoms with Crippen LogP contribution in [0.2, 0.25) is 0 Å². The molecule has 1 amide bonds. The molecule has 1 heterocycles. The van der Waals surface area contributed by atoms with Gasteiger partial charge in [-0.1, -0.05) is 18.2 Å². The third-order valence-electron chi connectivity index (χ3n) is 2.30. The molecular formula is C13H13N3O. The van der Waals surface area contributed by atoms with Crippen molar-refractivity contribution in [3.8, 4) is 0 Å². The number of anilines is 2. The first kappa shape index (κ1) is 11.1. The van der Waals surface area contributed by atoms with Gasteiger partial charge in [-0.2, -0.15) is 0 Å². The van der Waals surface area contributed by atoms with Crippen LogP contribution in [0.3, 0.4) is 0 Å². The molecule has 0 aliphatic heterocycles. The smallest absolute Gasteiger partial charge is 0.230 e. The molecule has 4 heteroatoms. The zero-order valence-corrected chi connectivity index (χ0v) is 9.26. The lowest BCUT2D eigenvalue weighted by Crippen LogP contribution is -2.15. The Labute approximate surface area is 99.5 Å². The van der Waals surface area contributed by atoms with Gasteiger partial charge in [-0.15, -0.1) is 0 Å². The maximum Gasteiger partial charge on any atom is 0.230 e. The van der Waals surface area contributed by atoms with Gasteiger partial charge in [-0.25, -0.2) is 0 Å². The van der Waals surface area contributed by atoms with Crippen LogP contribution < -0.4 is 11.1 Å². The van der Waals surface area contributed by atoms with E-state index in [9.17, 15) is 4.79 Å². The second-order valence-corrected chi connectivity index (χ2v) is 3.63. The summed E-state index contributed by atoms with van der Waals surface area (Å²) < 4.78 is 0. The van der Waals surface area contributed by atoms with E-state index in [0.717, 1.165) is 5.69 Å². The highest BCUT2D eigenvalue weighted by molar-refractivity contribution is 5.94. The molecule has 0 saturated heterocycles. The topological polar surface area (TPSA) is 68.0 Å². The number of aromatic nitrogens is 1. The summed E-state index contributed by atoms with van der Waals surface area (Å²) >= 11 is 0. The van der Waals surface area contributed by atoms with E-state index in [2.05, 4.69) is 10.3 Å². The van der Waals surface area contributed by atoms with Crippen LogP contribution in [-0.4, -0.2) is 10.9 Å². The third-order valence-corrected chi connectivity index (χ3v) is 2.30. The summed E-state index contributed by atoms with van der Waals surface area (Å²) in [6.45, 7) is 0. The Morgan fingerprint density at radius 1 is 1.18 bits per heavy atom. The van der Waals surface area contributed by atoms with Gasteiger partial charge >= 0.3 is 0 Å². The van der Waals surface area contributed by atoms with E-state index < -0.39 is 0 Å². The van der Waals surface area contributed by atoms with Gasteiger partial charge in [0.05, 0.1) is 17.8 Å². The van der Waals surface area contributed by atoms with Crippen LogP contribution in [0, 0.1) is 0 Å². The normalized spacial score (nSPS) is 9.88. The Hall–Kier alpha value is -2.36. The zero-order valence-electron chi connectivity index (χ0n) is 9.26. The second-order valence-electron chi connectivity index (χ2n) is 3.63. The van der Waals surface area contributed by atoms with E-state index >= 15 is 0 Å². The first-order chi connectivity index (χ1) is 8.25. The van der Waals surface area contributed by atoms with Crippen molar-refractivity contribution in [1.82, 2.24) is 4.98 Å². The highest BCUT2D eigenvalue weighted by Crippen LogP contribution is 2.16. The van der Waals surface area contributed by atoms with Gasteiger partial charge in [0.15, 0.2) is 0 Å². The minimum atomic E-state index is -0.124. The Kier molecular flexibility index (Phi) is 3.35. The summed E-state index contributed by atoms with van der Waals surface area (Å²) in [5.74, 6) is -0.124. The molecule has 0 unspecified atom stereocenters. The maximum atomic E-state index is 11.7. The van der Waals surface area contributed by atoms with E-state index in [4.69, 9.17) is 5.73 Å². The predicted molar refractivity (Wildman–Crippen MR) is 67.4 cm³/mol. The zero-order chi connectivity index (χ0) is 12.1. The number of carbonyl (C=O) groups excluding carboxylic acids is 1. The summed E-state index contributed by atoms with van der Waals surface area (Å²) in [4.78, 5) is 15.8. The van der Waals surface area contributed by atoms with Crippen molar-refractivity contribution in [2.24, 2.45) is 0 Å². The number of carbonyl (C=O) groups is 1. The average Bonchev–Trinajstić information content (AvgIpc) is 2.33. The van der Waals surface area contributed by atoms with E-state index in [0.29, 0.717) is 11.4 Å². The number of hydrogen-bond donors (Lipinski definition) is 2. The van der Waals surface area contributed by atoms with Crippen LogP contribution in [0.1, 0.15) is 5.69 Å². The van der Waals surface area contributed by atoms with E-state index in [-0.39, 0.29) is 12.3 Å². The molecule has 0 aliphatic rings. The highest BCUT2D eigenvalue weighted by atomic mass is 16.1. The SMILES string of the molecule is Nc1ccccc1NC(=O)Cc1ccccn1. The van der Waals surface area contributed by atoms with Crippen LogP contribution in [0.25, 0.3) is 0 Å². The summed E-state index contributed by atoms with van der Waals surface area (Å²) in [7, 11) is 0.